The molecule has 2 heterocycles. The summed E-state index contributed by atoms with van der Waals surface area (Å²) in [6.07, 6.45) is 5.29. The number of aromatic nitrogens is 3. The molecule has 6 aromatic carbocycles. The van der Waals surface area contributed by atoms with Crippen LogP contribution in [-0.2, 0) is 5.41 Å². The SMILES string of the molecule is C[C@H]1C[C@@H]2CC[C@@H](C2)C12c1ccccc1-c1c(-c3nc(-c4ccccc4)nc(-c4ccc(-c5cccc6c5oc5ccccc56)cc4)n3)cccc12. The van der Waals surface area contributed by atoms with Crippen LogP contribution in [0.15, 0.2) is 144 Å². The highest BCUT2D eigenvalue weighted by Crippen LogP contribution is 2.65. The van der Waals surface area contributed by atoms with Crippen LogP contribution >= 0.6 is 0 Å². The molecule has 4 atom stereocenters. The van der Waals surface area contributed by atoms with Gasteiger partial charge in [0, 0.05) is 38.4 Å². The number of hydrogen-bond donors (Lipinski definition) is 0. The molecule has 0 radical (unpaired) electrons. The van der Waals surface area contributed by atoms with Crippen molar-refractivity contribution in [2.75, 3.05) is 0 Å². The summed E-state index contributed by atoms with van der Waals surface area (Å²) >= 11 is 0. The summed E-state index contributed by atoms with van der Waals surface area (Å²) in [5.41, 5.74) is 12.6. The Morgan fingerprint density at radius 1 is 0.519 bits per heavy atom. The van der Waals surface area contributed by atoms with Crippen molar-refractivity contribution in [1.29, 1.82) is 0 Å². The highest BCUT2D eigenvalue weighted by Gasteiger charge is 2.57. The van der Waals surface area contributed by atoms with E-state index in [0.29, 0.717) is 23.5 Å². The fourth-order valence-corrected chi connectivity index (χ4v) is 10.5. The van der Waals surface area contributed by atoms with E-state index in [1.807, 2.05) is 30.3 Å². The maximum atomic E-state index is 6.38. The minimum atomic E-state index is 0.0333. The molecule has 4 nitrogen and oxygen atoms in total. The molecule has 1 unspecified atom stereocenters. The molecule has 0 aliphatic heterocycles. The van der Waals surface area contributed by atoms with Gasteiger partial charge in [0.1, 0.15) is 11.2 Å². The Hall–Kier alpha value is -5.87. The Bertz CT molecular complexity index is 2680. The van der Waals surface area contributed by atoms with Gasteiger partial charge in [-0.25, -0.2) is 15.0 Å². The van der Waals surface area contributed by atoms with Gasteiger partial charge in [0.15, 0.2) is 17.5 Å². The number of benzene rings is 6. The van der Waals surface area contributed by atoms with Crippen LogP contribution in [0, 0.1) is 17.8 Å². The monoisotopic (exact) mass is 671 g/mol. The number of hydrogen-bond acceptors (Lipinski definition) is 4. The molecule has 1 spiro atoms. The van der Waals surface area contributed by atoms with Crippen LogP contribution in [0.3, 0.4) is 0 Å². The molecule has 2 bridgehead atoms. The van der Waals surface area contributed by atoms with E-state index in [-0.39, 0.29) is 5.41 Å². The van der Waals surface area contributed by atoms with Gasteiger partial charge in [-0.3, -0.25) is 0 Å². The number of fused-ring (bicyclic) bond motifs is 11. The molecule has 2 fully saturated rings. The molecule has 0 N–H and O–H groups in total. The zero-order valence-electron chi connectivity index (χ0n) is 29.1. The van der Waals surface area contributed by atoms with Gasteiger partial charge >= 0.3 is 0 Å². The first-order valence-electron chi connectivity index (χ1n) is 18.7. The summed E-state index contributed by atoms with van der Waals surface area (Å²) in [6, 6.07) is 49.6. The summed E-state index contributed by atoms with van der Waals surface area (Å²) in [4.78, 5) is 15.6. The van der Waals surface area contributed by atoms with Gasteiger partial charge in [0.05, 0.1) is 0 Å². The molecule has 8 aromatic rings. The maximum Gasteiger partial charge on any atom is 0.164 e. The third-order valence-corrected chi connectivity index (χ3v) is 12.6. The van der Waals surface area contributed by atoms with Gasteiger partial charge in [0.2, 0.25) is 0 Å². The summed E-state index contributed by atoms with van der Waals surface area (Å²) in [6.45, 7) is 2.51. The number of rotatable bonds is 4. The average Bonchev–Trinajstić information content (AvgIpc) is 3.88. The fourth-order valence-electron chi connectivity index (χ4n) is 10.5. The van der Waals surface area contributed by atoms with E-state index in [4.69, 9.17) is 19.4 Å². The van der Waals surface area contributed by atoms with Gasteiger partial charge < -0.3 is 4.42 Å². The van der Waals surface area contributed by atoms with E-state index >= 15 is 0 Å². The van der Waals surface area contributed by atoms with Crippen molar-refractivity contribution in [3.8, 4) is 56.4 Å². The minimum absolute atomic E-state index is 0.0333. The van der Waals surface area contributed by atoms with Crippen LogP contribution in [0.5, 0.6) is 0 Å². The van der Waals surface area contributed by atoms with Crippen molar-refractivity contribution in [2.45, 2.75) is 38.0 Å². The molecular weight excluding hydrogens is 635 g/mol. The highest BCUT2D eigenvalue weighted by molar-refractivity contribution is 6.09. The molecule has 0 saturated heterocycles. The van der Waals surface area contributed by atoms with Crippen molar-refractivity contribution in [1.82, 2.24) is 15.0 Å². The first kappa shape index (κ1) is 29.8. The van der Waals surface area contributed by atoms with Crippen LogP contribution in [0.1, 0.15) is 43.7 Å². The van der Waals surface area contributed by atoms with E-state index in [9.17, 15) is 0 Å². The molecule has 11 rings (SSSR count). The van der Waals surface area contributed by atoms with Gasteiger partial charge in [0.25, 0.3) is 0 Å². The Labute approximate surface area is 303 Å². The number of furan rings is 1. The predicted molar refractivity (Wildman–Crippen MR) is 210 cm³/mol. The van der Waals surface area contributed by atoms with Crippen molar-refractivity contribution in [3.05, 3.63) is 151 Å². The van der Waals surface area contributed by atoms with Crippen molar-refractivity contribution < 1.29 is 4.42 Å². The Balaban J connectivity index is 1.07. The van der Waals surface area contributed by atoms with Crippen LogP contribution in [-0.4, -0.2) is 15.0 Å². The molecule has 250 valence electrons. The molecule has 4 heteroatoms. The second-order valence-corrected chi connectivity index (χ2v) is 15.2. The lowest BCUT2D eigenvalue weighted by Gasteiger charge is -2.46. The molecular formula is C48H37N3O. The van der Waals surface area contributed by atoms with Crippen LogP contribution in [0.2, 0.25) is 0 Å². The summed E-state index contributed by atoms with van der Waals surface area (Å²) < 4.78 is 6.38. The lowest BCUT2D eigenvalue weighted by molar-refractivity contribution is 0.162. The summed E-state index contributed by atoms with van der Waals surface area (Å²) in [5.74, 6) is 4.17. The second kappa shape index (κ2) is 11.3. The lowest BCUT2D eigenvalue weighted by atomic mass is 9.56. The van der Waals surface area contributed by atoms with Gasteiger partial charge in [-0.05, 0) is 70.9 Å². The Kier molecular flexibility index (Phi) is 6.49. The van der Waals surface area contributed by atoms with Crippen molar-refractivity contribution >= 4 is 21.9 Å². The number of para-hydroxylation sites is 2. The van der Waals surface area contributed by atoms with Crippen LogP contribution in [0.25, 0.3) is 78.4 Å². The van der Waals surface area contributed by atoms with E-state index in [0.717, 1.165) is 61.5 Å². The summed E-state index contributed by atoms with van der Waals surface area (Å²) in [7, 11) is 0. The first-order chi connectivity index (χ1) is 25.7. The third kappa shape index (κ3) is 4.24. The predicted octanol–water partition coefficient (Wildman–Crippen LogP) is 12.2. The molecule has 0 amide bonds. The van der Waals surface area contributed by atoms with E-state index in [1.165, 1.54) is 47.9 Å². The molecule has 2 saturated carbocycles. The van der Waals surface area contributed by atoms with Gasteiger partial charge in [-0.15, -0.1) is 0 Å². The smallest absolute Gasteiger partial charge is 0.164 e. The van der Waals surface area contributed by atoms with E-state index in [1.54, 1.807) is 0 Å². The molecule has 3 aliphatic rings. The molecule has 2 aromatic heterocycles. The van der Waals surface area contributed by atoms with Gasteiger partial charge in [-0.1, -0.05) is 147 Å². The maximum absolute atomic E-state index is 6.38. The standard InChI is InChI=1S/C48H37N3O/c1-29-27-30-21-26-34(28-30)48(29)40-18-7-5-14-38(40)43-39(17-10-19-41(43)48)47-50-45(32-11-3-2-4-12-32)49-46(51-47)33-24-22-31(23-25-33)35-15-9-16-37-36-13-6-8-20-42(36)52-44(35)37/h2-20,22-25,29-30,34H,21,26-28H2,1H3/t29-,30-,34-,48?/m0/s1. The lowest BCUT2D eigenvalue weighted by Crippen LogP contribution is -2.43. The molecule has 3 aliphatic carbocycles. The quantitative estimate of drug-likeness (QED) is 0.187. The fraction of sp³-hybridized carbons (Fsp3) is 0.188. The normalized spacial score (nSPS) is 21.5. The van der Waals surface area contributed by atoms with Crippen molar-refractivity contribution in [3.63, 3.8) is 0 Å². The van der Waals surface area contributed by atoms with Crippen LogP contribution < -0.4 is 0 Å². The zero-order valence-corrected chi connectivity index (χ0v) is 29.1. The second-order valence-electron chi connectivity index (χ2n) is 15.2. The highest BCUT2D eigenvalue weighted by atomic mass is 16.3. The van der Waals surface area contributed by atoms with E-state index in [2.05, 4.69) is 116 Å². The molecule has 52 heavy (non-hydrogen) atoms. The van der Waals surface area contributed by atoms with Crippen molar-refractivity contribution in [2.24, 2.45) is 17.8 Å². The zero-order chi connectivity index (χ0) is 34.4. The van der Waals surface area contributed by atoms with Gasteiger partial charge in [-0.2, -0.15) is 0 Å². The largest absolute Gasteiger partial charge is 0.455 e. The first-order valence-corrected chi connectivity index (χ1v) is 18.7. The Morgan fingerprint density at radius 2 is 1.15 bits per heavy atom. The third-order valence-electron chi connectivity index (χ3n) is 12.6. The summed E-state index contributed by atoms with van der Waals surface area (Å²) in [5, 5.41) is 2.26. The van der Waals surface area contributed by atoms with Crippen LogP contribution in [0.4, 0.5) is 0 Å². The topological polar surface area (TPSA) is 51.8 Å². The minimum Gasteiger partial charge on any atom is -0.455 e. The number of nitrogens with zero attached hydrogens (tertiary/aromatic N) is 3. The van der Waals surface area contributed by atoms with E-state index < -0.39 is 0 Å². The average molecular weight is 672 g/mol. The Morgan fingerprint density at radius 3 is 2.02 bits per heavy atom.